The maximum Gasteiger partial charge on any atom is 0.337 e. The number of hydrogen-bond acceptors (Lipinski definition) is 3. The summed E-state index contributed by atoms with van der Waals surface area (Å²) in [7, 11) is 0. The summed E-state index contributed by atoms with van der Waals surface area (Å²) in [5.41, 5.74) is 0.303. The van der Waals surface area contributed by atoms with E-state index in [1.165, 1.54) is 12.3 Å². The number of hydrogen-bond donors (Lipinski definition) is 2. The van der Waals surface area contributed by atoms with Crippen LogP contribution in [-0.4, -0.2) is 16.2 Å². The molecule has 0 spiro atoms. The van der Waals surface area contributed by atoms with Gasteiger partial charge in [-0.2, -0.15) is 0 Å². The van der Waals surface area contributed by atoms with Gasteiger partial charge in [0.25, 0.3) is 0 Å². The topological polar surface area (TPSA) is 70.7 Å². The summed E-state index contributed by atoms with van der Waals surface area (Å²) in [4.78, 5) is 10.3. The summed E-state index contributed by atoms with van der Waals surface area (Å²) in [6.45, 7) is 1.60. The van der Waals surface area contributed by atoms with E-state index in [2.05, 4.69) is 0 Å². The fourth-order valence-electron chi connectivity index (χ4n) is 0.811. The van der Waals surface area contributed by atoms with Crippen molar-refractivity contribution in [3.8, 4) is 0 Å². The summed E-state index contributed by atoms with van der Waals surface area (Å²) in [5.74, 6) is -0.839. The normalized spacial score (nSPS) is 12.9. The standard InChI is InChI=1S/C7H8O4/c1-4-5(2-3-11-4)6(8)7(9)10/h2-3,6,8H,1H3,(H,9,10). The Morgan fingerprint density at radius 1 is 1.73 bits per heavy atom. The second-order valence-corrected chi connectivity index (χ2v) is 2.17. The van der Waals surface area contributed by atoms with Gasteiger partial charge >= 0.3 is 5.97 Å². The molecular formula is C7H8O4. The second kappa shape index (κ2) is 2.75. The zero-order chi connectivity index (χ0) is 8.43. The van der Waals surface area contributed by atoms with Crippen molar-refractivity contribution >= 4 is 5.97 Å². The molecule has 1 aromatic rings. The summed E-state index contributed by atoms with van der Waals surface area (Å²) in [6, 6.07) is 1.44. The molecule has 0 aromatic carbocycles. The number of rotatable bonds is 2. The van der Waals surface area contributed by atoms with Gasteiger partial charge in [0.2, 0.25) is 0 Å². The van der Waals surface area contributed by atoms with Gasteiger partial charge in [-0.3, -0.25) is 0 Å². The van der Waals surface area contributed by atoms with E-state index >= 15 is 0 Å². The molecule has 1 rings (SSSR count). The number of furan rings is 1. The number of carbonyl (C=O) groups is 1. The van der Waals surface area contributed by atoms with Gasteiger partial charge in [0.05, 0.1) is 6.26 Å². The molecule has 0 amide bonds. The Kier molecular flexibility index (Phi) is 1.96. The first-order chi connectivity index (χ1) is 5.13. The Bertz CT molecular complexity index is 263. The maximum atomic E-state index is 10.3. The quantitative estimate of drug-likeness (QED) is 0.661. The Labute approximate surface area is 63.1 Å². The van der Waals surface area contributed by atoms with E-state index in [0.717, 1.165) is 0 Å². The summed E-state index contributed by atoms with van der Waals surface area (Å²) < 4.78 is 4.81. The number of carboxylic acids is 1. The zero-order valence-corrected chi connectivity index (χ0v) is 5.94. The van der Waals surface area contributed by atoms with Gasteiger partial charge in [0.1, 0.15) is 5.76 Å². The molecule has 0 aliphatic heterocycles. The Balaban J connectivity index is 2.92. The minimum absolute atomic E-state index is 0.303. The van der Waals surface area contributed by atoms with Crippen LogP contribution in [0.2, 0.25) is 0 Å². The molecule has 0 fully saturated rings. The average Bonchev–Trinajstić information content (AvgIpc) is 2.33. The Morgan fingerprint density at radius 2 is 2.36 bits per heavy atom. The minimum Gasteiger partial charge on any atom is -0.479 e. The van der Waals surface area contributed by atoms with Crippen LogP contribution in [0.5, 0.6) is 0 Å². The van der Waals surface area contributed by atoms with E-state index < -0.39 is 12.1 Å². The lowest BCUT2D eigenvalue weighted by molar-refractivity contribution is -0.147. The van der Waals surface area contributed by atoms with Crippen molar-refractivity contribution in [1.29, 1.82) is 0 Å². The number of aryl methyl sites for hydroxylation is 1. The largest absolute Gasteiger partial charge is 0.479 e. The van der Waals surface area contributed by atoms with Gasteiger partial charge in [-0.15, -0.1) is 0 Å². The number of carboxylic acid groups (broad SMARTS) is 1. The number of aliphatic carboxylic acids is 1. The molecule has 11 heavy (non-hydrogen) atoms. The summed E-state index contributed by atoms with van der Waals surface area (Å²) >= 11 is 0. The van der Waals surface area contributed by atoms with Crippen LogP contribution in [0.3, 0.4) is 0 Å². The molecule has 1 aromatic heterocycles. The van der Waals surface area contributed by atoms with Crippen LogP contribution < -0.4 is 0 Å². The molecule has 1 unspecified atom stereocenters. The smallest absolute Gasteiger partial charge is 0.337 e. The SMILES string of the molecule is Cc1occc1C(O)C(=O)O. The molecule has 0 radical (unpaired) electrons. The third-order valence-electron chi connectivity index (χ3n) is 1.43. The number of aliphatic hydroxyl groups is 1. The van der Waals surface area contributed by atoms with E-state index in [-0.39, 0.29) is 0 Å². The average molecular weight is 156 g/mol. The number of aliphatic hydroxyl groups excluding tert-OH is 1. The van der Waals surface area contributed by atoms with Crippen molar-refractivity contribution in [2.45, 2.75) is 13.0 Å². The maximum absolute atomic E-state index is 10.3. The van der Waals surface area contributed by atoms with Gasteiger partial charge in [0.15, 0.2) is 6.10 Å². The van der Waals surface area contributed by atoms with E-state index in [0.29, 0.717) is 11.3 Å². The van der Waals surface area contributed by atoms with Crippen molar-refractivity contribution in [3.63, 3.8) is 0 Å². The van der Waals surface area contributed by atoms with Crippen LogP contribution in [0.1, 0.15) is 17.4 Å². The first-order valence-corrected chi connectivity index (χ1v) is 3.08. The second-order valence-electron chi connectivity index (χ2n) is 2.17. The molecule has 0 saturated carbocycles. The third kappa shape index (κ3) is 1.40. The highest BCUT2D eigenvalue weighted by atomic mass is 16.4. The molecule has 0 saturated heterocycles. The Hall–Kier alpha value is -1.29. The molecule has 4 heteroatoms. The fraction of sp³-hybridized carbons (Fsp3) is 0.286. The van der Waals surface area contributed by atoms with Crippen LogP contribution in [0.25, 0.3) is 0 Å². The minimum atomic E-state index is -1.48. The predicted octanol–water partition coefficient (Wildman–Crippen LogP) is 0.706. The summed E-state index contributed by atoms with van der Waals surface area (Å²) in [5, 5.41) is 17.4. The van der Waals surface area contributed by atoms with Crippen molar-refractivity contribution in [1.82, 2.24) is 0 Å². The molecule has 2 N–H and O–H groups in total. The lowest BCUT2D eigenvalue weighted by atomic mass is 10.1. The molecular weight excluding hydrogens is 148 g/mol. The highest BCUT2D eigenvalue weighted by Crippen LogP contribution is 2.17. The van der Waals surface area contributed by atoms with Crippen LogP contribution in [0.15, 0.2) is 16.7 Å². The first kappa shape index (κ1) is 7.81. The van der Waals surface area contributed by atoms with Crippen LogP contribution in [0, 0.1) is 6.92 Å². The van der Waals surface area contributed by atoms with Crippen molar-refractivity contribution in [2.24, 2.45) is 0 Å². The molecule has 1 heterocycles. The molecule has 60 valence electrons. The third-order valence-corrected chi connectivity index (χ3v) is 1.43. The van der Waals surface area contributed by atoms with E-state index in [9.17, 15) is 4.79 Å². The van der Waals surface area contributed by atoms with Gasteiger partial charge in [-0.1, -0.05) is 0 Å². The highest BCUT2D eigenvalue weighted by Gasteiger charge is 2.19. The van der Waals surface area contributed by atoms with E-state index in [4.69, 9.17) is 14.6 Å². The molecule has 0 aliphatic rings. The van der Waals surface area contributed by atoms with Gasteiger partial charge < -0.3 is 14.6 Å². The zero-order valence-electron chi connectivity index (χ0n) is 5.94. The highest BCUT2D eigenvalue weighted by molar-refractivity contribution is 5.74. The Morgan fingerprint density at radius 3 is 2.73 bits per heavy atom. The first-order valence-electron chi connectivity index (χ1n) is 3.08. The van der Waals surface area contributed by atoms with Crippen LogP contribution in [0.4, 0.5) is 0 Å². The van der Waals surface area contributed by atoms with Gasteiger partial charge in [-0.25, -0.2) is 4.79 Å². The van der Waals surface area contributed by atoms with Crippen molar-refractivity contribution < 1.29 is 19.4 Å². The molecule has 0 bridgehead atoms. The molecule has 4 nitrogen and oxygen atoms in total. The van der Waals surface area contributed by atoms with Crippen molar-refractivity contribution in [2.75, 3.05) is 0 Å². The lowest BCUT2D eigenvalue weighted by Crippen LogP contribution is -2.10. The molecule has 0 aliphatic carbocycles. The molecule has 1 atom stereocenters. The van der Waals surface area contributed by atoms with Crippen LogP contribution in [-0.2, 0) is 4.79 Å². The van der Waals surface area contributed by atoms with Crippen LogP contribution >= 0.6 is 0 Å². The monoisotopic (exact) mass is 156 g/mol. The van der Waals surface area contributed by atoms with E-state index in [1.54, 1.807) is 6.92 Å². The fourth-order valence-corrected chi connectivity index (χ4v) is 0.811. The lowest BCUT2D eigenvalue weighted by Gasteiger charge is -2.01. The van der Waals surface area contributed by atoms with Crippen molar-refractivity contribution in [3.05, 3.63) is 23.7 Å². The predicted molar refractivity (Wildman–Crippen MR) is 36.0 cm³/mol. The van der Waals surface area contributed by atoms with Gasteiger partial charge in [0, 0.05) is 5.56 Å². The van der Waals surface area contributed by atoms with Gasteiger partial charge in [-0.05, 0) is 13.0 Å². The van der Waals surface area contributed by atoms with E-state index in [1.807, 2.05) is 0 Å². The summed E-state index contributed by atoms with van der Waals surface area (Å²) in [6.07, 6.45) is -0.134.